The number of alkyl halides is 3. The van der Waals surface area contributed by atoms with Gasteiger partial charge in [0.15, 0.2) is 3.79 Å². The van der Waals surface area contributed by atoms with Crippen molar-refractivity contribution in [3.8, 4) is 0 Å². The predicted octanol–water partition coefficient (Wildman–Crippen LogP) is 4.64. The van der Waals surface area contributed by atoms with E-state index >= 15 is 0 Å². The summed E-state index contributed by atoms with van der Waals surface area (Å²) in [5, 5.41) is 0. The summed E-state index contributed by atoms with van der Waals surface area (Å²) in [6.45, 7) is 0. The van der Waals surface area contributed by atoms with Crippen LogP contribution in [0.25, 0.3) is 0 Å². The van der Waals surface area contributed by atoms with E-state index in [2.05, 4.69) is 0 Å². The molecule has 0 spiro atoms. The van der Waals surface area contributed by atoms with Crippen molar-refractivity contribution in [1.82, 2.24) is 0 Å². The molecule has 0 aliphatic rings. The third-order valence-electron chi connectivity index (χ3n) is 1.55. The van der Waals surface area contributed by atoms with Gasteiger partial charge in [-0.25, -0.2) is 24.3 Å². The van der Waals surface area contributed by atoms with Crippen molar-refractivity contribution in [2.24, 2.45) is 0 Å². The van der Waals surface area contributed by atoms with Gasteiger partial charge in [-0.15, -0.1) is 5.56 Å². The Bertz CT molecular complexity index is 302. The smallest absolute Gasteiger partial charge is 0.214 e. The van der Waals surface area contributed by atoms with Crippen LogP contribution in [-0.4, -0.2) is 0 Å². The summed E-state index contributed by atoms with van der Waals surface area (Å²) in [4.78, 5) is 0. The van der Waals surface area contributed by atoms with E-state index in [0.717, 1.165) is 0 Å². The molecule has 0 unspecified atom stereocenters. The standard InChI is InChI=1S/C6H4Cl3.C5H5.Fe/c7-6(8,9)5-3-1-2-4-5;1-2-4-5-3-1;/h1-4H;1-5H;/q2*-1;+2. The van der Waals surface area contributed by atoms with Crippen LogP contribution in [0.15, 0.2) is 54.6 Å². The molecule has 82 valence electrons. The van der Waals surface area contributed by atoms with E-state index in [1.165, 1.54) is 0 Å². The Morgan fingerprint density at radius 1 is 0.867 bits per heavy atom. The summed E-state index contributed by atoms with van der Waals surface area (Å²) in [6.07, 6.45) is 0. The topological polar surface area (TPSA) is 0 Å². The second-order valence-corrected chi connectivity index (χ2v) is 4.91. The molecule has 0 fully saturated rings. The largest absolute Gasteiger partial charge is 2.00 e. The average molecular weight is 303 g/mol. The molecule has 0 heterocycles. The average Bonchev–Trinajstić information content (AvgIpc) is 2.80. The van der Waals surface area contributed by atoms with Crippen molar-refractivity contribution in [1.29, 1.82) is 0 Å². The minimum absolute atomic E-state index is 0. The van der Waals surface area contributed by atoms with Gasteiger partial charge in [0.2, 0.25) is 0 Å². The molecular weight excluding hydrogens is 294 g/mol. The second-order valence-electron chi connectivity index (χ2n) is 2.63. The van der Waals surface area contributed by atoms with Crippen LogP contribution in [-0.2, 0) is 20.9 Å². The third-order valence-corrected chi connectivity index (χ3v) is 2.20. The molecule has 0 bridgehead atoms. The van der Waals surface area contributed by atoms with Crippen molar-refractivity contribution >= 4 is 34.8 Å². The number of hydrogen-bond acceptors (Lipinski definition) is 0. The van der Waals surface area contributed by atoms with Gasteiger partial charge < -0.3 is 0 Å². The van der Waals surface area contributed by atoms with Gasteiger partial charge in [-0.05, 0) is 0 Å². The van der Waals surface area contributed by atoms with Gasteiger partial charge in [0.1, 0.15) is 0 Å². The summed E-state index contributed by atoms with van der Waals surface area (Å²) in [5.74, 6) is 0. The van der Waals surface area contributed by atoms with Crippen LogP contribution in [0.4, 0.5) is 0 Å². The molecule has 0 saturated carbocycles. The van der Waals surface area contributed by atoms with Gasteiger partial charge in [0.25, 0.3) is 0 Å². The van der Waals surface area contributed by atoms with Gasteiger partial charge in [-0.1, -0.05) is 34.8 Å². The maximum absolute atomic E-state index is 5.53. The molecule has 0 aliphatic heterocycles. The van der Waals surface area contributed by atoms with E-state index in [0.29, 0.717) is 5.56 Å². The summed E-state index contributed by atoms with van der Waals surface area (Å²) in [5.41, 5.74) is 0.715. The van der Waals surface area contributed by atoms with E-state index in [1.54, 1.807) is 12.1 Å². The maximum atomic E-state index is 5.53. The Hall–Kier alpha value is 0.0895. The molecule has 4 heteroatoms. The molecule has 2 aromatic carbocycles. The van der Waals surface area contributed by atoms with Crippen LogP contribution in [0.3, 0.4) is 0 Å². The van der Waals surface area contributed by atoms with E-state index in [1.807, 2.05) is 42.5 Å². The van der Waals surface area contributed by atoms with Crippen LogP contribution in [0.1, 0.15) is 5.56 Å². The van der Waals surface area contributed by atoms with E-state index in [9.17, 15) is 0 Å². The van der Waals surface area contributed by atoms with Crippen LogP contribution < -0.4 is 0 Å². The van der Waals surface area contributed by atoms with Crippen molar-refractivity contribution < 1.29 is 17.1 Å². The first kappa shape index (κ1) is 15.1. The van der Waals surface area contributed by atoms with E-state index in [-0.39, 0.29) is 17.1 Å². The molecule has 0 saturated heterocycles. The Kier molecular flexibility index (Phi) is 7.42. The summed E-state index contributed by atoms with van der Waals surface area (Å²) in [7, 11) is 0. The van der Waals surface area contributed by atoms with Gasteiger partial charge in [0, 0.05) is 0 Å². The monoisotopic (exact) mass is 302 g/mol. The molecule has 0 atom stereocenters. The van der Waals surface area contributed by atoms with Crippen LogP contribution >= 0.6 is 34.8 Å². The fourth-order valence-electron chi connectivity index (χ4n) is 0.884. The normalized spacial score (nSPS) is 9.80. The molecule has 0 nitrogen and oxygen atoms in total. The Morgan fingerprint density at radius 2 is 1.33 bits per heavy atom. The molecule has 0 aliphatic carbocycles. The first-order chi connectivity index (χ1) is 6.61. The fraction of sp³-hybridized carbons (Fsp3) is 0.0909. The molecular formula is C11H9Cl3Fe. The molecule has 0 amide bonds. The van der Waals surface area contributed by atoms with Gasteiger partial charge in [0.05, 0.1) is 0 Å². The maximum Gasteiger partial charge on any atom is 2.00 e. The Morgan fingerprint density at radius 3 is 1.53 bits per heavy atom. The molecule has 0 N–H and O–H groups in total. The molecule has 2 rings (SSSR count). The number of rotatable bonds is 0. The molecule has 0 aromatic heterocycles. The van der Waals surface area contributed by atoms with Crippen LogP contribution in [0.5, 0.6) is 0 Å². The van der Waals surface area contributed by atoms with E-state index < -0.39 is 3.79 Å². The van der Waals surface area contributed by atoms with E-state index in [4.69, 9.17) is 34.8 Å². The van der Waals surface area contributed by atoms with Gasteiger partial charge in [-0.2, -0.15) is 30.3 Å². The Balaban J connectivity index is 0.000000280. The van der Waals surface area contributed by atoms with Crippen LogP contribution in [0, 0.1) is 0 Å². The SMILES string of the molecule is ClC(Cl)(Cl)[c-]1cccc1.[Fe+2].c1cc[cH-]c1. The van der Waals surface area contributed by atoms with Crippen LogP contribution in [0.2, 0.25) is 0 Å². The van der Waals surface area contributed by atoms with Crippen molar-refractivity contribution in [3.05, 3.63) is 60.2 Å². The summed E-state index contributed by atoms with van der Waals surface area (Å²) >= 11 is 16.6. The zero-order chi connectivity index (χ0) is 10.4. The predicted molar refractivity (Wildman–Crippen MR) is 63.3 cm³/mol. The summed E-state index contributed by atoms with van der Waals surface area (Å²) < 4.78 is -1.26. The first-order valence-corrected chi connectivity index (χ1v) is 5.19. The quantitative estimate of drug-likeness (QED) is 0.378. The number of halogens is 3. The molecule has 0 radical (unpaired) electrons. The number of hydrogen-bond donors (Lipinski definition) is 0. The Labute approximate surface area is 115 Å². The van der Waals surface area contributed by atoms with Crippen molar-refractivity contribution in [2.75, 3.05) is 0 Å². The second kappa shape index (κ2) is 7.38. The fourth-order valence-corrected chi connectivity index (χ4v) is 1.26. The minimum Gasteiger partial charge on any atom is -0.214 e. The van der Waals surface area contributed by atoms with Gasteiger partial charge >= 0.3 is 17.1 Å². The van der Waals surface area contributed by atoms with Crippen molar-refractivity contribution in [3.63, 3.8) is 0 Å². The molecule has 15 heavy (non-hydrogen) atoms. The first-order valence-electron chi connectivity index (χ1n) is 4.06. The third kappa shape index (κ3) is 6.29. The zero-order valence-corrected chi connectivity index (χ0v) is 11.1. The zero-order valence-electron chi connectivity index (χ0n) is 7.68. The summed E-state index contributed by atoms with van der Waals surface area (Å²) in [6, 6.07) is 17.2. The molecule has 2 aromatic rings. The van der Waals surface area contributed by atoms with Crippen molar-refractivity contribution in [2.45, 2.75) is 3.79 Å². The minimum atomic E-state index is -1.26. The van der Waals surface area contributed by atoms with Gasteiger partial charge in [-0.3, -0.25) is 0 Å².